The van der Waals surface area contributed by atoms with Gasteiger partial charge in [0, 0.05) is 0 Å². The number of rotatable bonds is 0. The van der Waals surface area contributed by atoms with Gasteiger partial charge in [-0.2, -0.15) is 0 Å². The van der Waals surface area contributed by atoms with Gasteiger partial charge in [-0.05, 0) is 0 Å². The van der Waals surface area contributed by atoms with E-state index in [1.165, 1.54) is 0 Å². The monoisotopic (exact) mass is 222 g/mol. The van der Waals surface area contributed by atoms with Crippen molar-refractivity contribution >= 4 is 15.1 Å². The van der Waals surface area contributed by atoms with E-state index in [-0.39, 0.29) is 19.5 Å². The van der Waals surface area contributed by atoms with Crippen LogP contribution in [0.2, 0.25) is 0 Å². The van der Waals surface area contributed by atoms with Crippen molar-refractivity contribution in [3.63, 3.8) is 0 Å². The summed E-state index contributed by atoms with van der Waals surface area (Å²) in [5.74, 6) is 0. The molecule has 7 nitrogen and oxygen atoms in total. The molecule has 0 saturated carbocycles. The Balaban J connectivity index is -0.0000000910. The fourth-order valence-electron chi connectivity index (χ4n) is 0. The van der Waals surface area contributed by atoms with Crippen molar-refractivity contribution < 1.29 is 53.8 Å². The molecule has 0 aliphatic heterocycles. The minimum atomic E-state index is -5.14. The summed E-state index contributed by atoms with van der Waals surface area (Å²) in [5, 5.41) is 21.5. The number of hydrogen-bond donors (Lipinski definition) is 4. The molecule has 0 fully saturated rings. The fourth-order valence-corrected chi connectivity index (χ4v) is 0. The van der Waals surface area contributed by atoms with Crippen molar-refractivity contribution in [2.75, 3.05) is 0 Å². The minimum absolute atomic E-state index is 0. The second-order valence-electron chi connectivity index (χ2n) is 0.815. The van der Waals surface area contributed by atoms with E-state index >= 15 is 0 Å². The summed E-state index contributed by atoms with van der Waals surface area (Å²) in [7, 11) is -7.31. The molecule has 0 saturated heterocycles. The van der Waals surface area contributed by atoms with E-state index in [9.17, 15) is 0 Å². The van der Waals surface area contributed by atoms with E-state index in [1.807, 2.05) is 0 Å². The second-order valence-corrected chi connectivity index (χ2v) is 1.75. The Morgan fingerprint density at radius 1 is 1.20 bits per heavy atom. The van der Waals surface area contributed by atoms with Crippen LogP contribution in [0, 0.1) is 0 Å². The first kappa shape index (κ1) is 17.0. The van der Waals surface area contributed by atoms with Gasteiger partial charge in [0.2, 0.25) is 0 Å². The fraction of sp³-hybridized carbons (Fsp3) is 0. The Labute approximate surface area is 69.5 Å². The predicted octanol–water partition coefficient (Wildman–Crippen LogP) is -4.25. The summed E-state index contributed by atoms with van der Waals surface area (Å²) < 4.78 is 8.66. The second kappa shape index (κ2) is 7.78. The third-order valence-electron chi connectivity index (χ3n) is 0. The molecule has 10 heavy (non-hydrogen) atoms. The zero-order valence-electron chi connectivity index (χ0n) is 4.75. The molecule has 0 aromatic rings. The van der Waals surface area contributed by atoms with Crippen molar-refractivity contribution in [3.8, 4) is 0 Å². The Hall–Kier alpha value is 0.678. The summed E-state index contributed by atoms with van der Waals surface area (Å²) in [6.45, 7) is 0. The van der Waals surface area contributed by atoms with Gasteiger partial charge in [-0.15, -0.1) is 0 Å². The summed E-state index contributed by atoms with van der Waals surface area (Å²) in [5.41, 5.74) is 0. The first-order chi connectivity index (χ1) is 3.73. The van der Waals surface area contributed by atoms with Gasteiger partial charge in [-0.1, -0.05) is 0 Å². The number of hydrogen-bond acceptors (Lipinski definition) is 6. The molecule has 0 aliphatic carbocycles. The molecule has 0 atom stereocenters. The standard InChI is InChI=1S/BH3O3.H3O4P.Zn/c2-1(3)4;1-5(2,3)4;/h2-4H;(H3,1,2,3,4);/q;;+2/p-2. The molecule has 56 valence electrons. The zero-order chi connectivity index (χ0) is 8.08. The van der Waals surface area contributed by atoms with Gasteiger partial charge in [0.1, 0.15) is 0 Å². The van der Waals surface area contributed by atoms with E-state index in [1.54, 1.807) is 0 Å². The van der Waals surface area contributed by atoms with Crippen molar-refractivity contribution in [1.82, 2.24) is 0 Å². The summed E-state index contributed by atoms with van der Waals surface area (Å²) in [4.78, 5) is 24.3. The average molecular weight is 223 g/mol. The van der Waals surface area contributed by atoms with Crippen molar-refractivity contribution in [2.45, 2.75) is 0 Å². The predicted molar refractivity (Wildman–Crippen MR) is 22.2 cm³/mol. The van der Waals surface area contributed by atoms with Crippen molar-refractivity contribution in [2.24, 2.45) is 0 Å². The molecule has 4 N–H and O–H groups in total. The normalized spacial score (nSPS) is 8.60. The summed E-state index contributed by atoms with van der Waals surface area (Å²) in [6.07, 6.45) is 0. The average Bonchev–Trinajstić information content (AvgIpc) is 1.19. The maximum Gasteiger partial charge on any atom is 2.00 e. The van der Waals surface area contributed by atoms with Crippen LogP contribution in [-0.4, -0.2) is 27.3 Å². The van der Waals surface area contributed by atoms with Crippen LogP contribution in [0.5, 0.6) is 0 Å². The molecular formula is H4BO7PZn. The molecule has 0 amide bonds. The summed E-state index contributed by atoms with van der Waals surface area (Å²) in [6, 6.07) is 0. The largest absolute Gasteiger partial charge is 2.00 e. The van der Waals surface area contributed by atoms with E-state index < -0.39 is 15.1 Å². The van der Waals surface area contributed by atoms with E-state index in [0.717, 1.165) is 0 Å². The maximum absolute atomic E-state index is 8.66. The van der Waals surface area contributed by atoms with Gasteiger partial charge in [0.25, 0.3) is 0 Å². The summed E-state index contributed by atoms with van der Waals surface area (Å²) >= 11 is 0. The Bertz CT molecular complexity index is 84.8. The van der Waals surface area contributed by atoms with Crippen LogP contribution >= 0.6 is 7.82 Å². The molecule has 0 bridgehead atoms. The third-order valence-corrected chi connectivity index (χ3v) is 0. The minimum Gasteiger partial charge on any atom is -0.790 e. The van der Waals surface area contributed by atoms with Crippen LogP contribution < -0.4 is 9.79 Å². The van der Waals surface area contributed by atoms with Gasteiger partial charge in [-0.25, -0.2) is 0 Å². The zero-order valence-corrected chi connectivity index (χ0v) is 8.61. The molecule has 0 aliphatic rings. The van der Waals surface area contributed by atoms with E-state index in [0.29, 0.717) is 0 Å². The maximum atomic E-state index is 8.66. The van der Waals surface area contributed by atoms with Crippen LogP contribution in [0.1, 0.15) is 0 Å². The Morgan fingerprint density at radius 3 is 1.20 bits per heavy atom. The van der Waals surface area contributed by atoms with Crippen LogP contribution in [-0.2, 0) is 24.0 Å². The van der Waals surface area contributed by atoms with Crippen LogP contribution in [0.4, 0.5) is 0 Å². The quantitative estimate of drug-likeness (QED) is 0.240. The van der Waals surface area contributed by atoms with Gasteiger partial charge in [0.15, 0.2) is 0 Å². The molecule has 0 aromatic heterocycles. The van der Waals surface area contributed by atoms with Gasteiger partial charge < -0.3 is 34.3 Å². The SMILES string of the molecule is O=P([O-])([O-])O.OB(O)O.[Zn+2]. The van der Waals surface area contributed by atoms with E-state index in [4.69, 9.17) is 34.3 Å². The molecule has 0 aromatic carbocycles. The topological polar surface area (TPSA) is 144 Å². The molecule has 0 radical (unpaired) electrons. The number of phosphoric acid groups is 1. The Morgan fingerprint density at radius 2 is 1.20 bits per heavy atom. The first-order valence-corrected chi connectivity index (χ1v) is 3.02. The van der Waals surface area contributed by atoms with Gasteiger partial charge in [-0.3, -0.25) is 0 Å². The van der Waals surface area contributed by atoms with Gasteiger partial charge in [0.05, 0.1) is 7.82 Å². The van der Waals surface area contributed by atoms with Crippen LogP contribution in [0.25, 0.3) is 0 Å². The Kier molecular flexibility index (Phi) is 13.2. The first-order valence-electron chi connectivity index (χ1n) is 1.52. The van der Waals surface area contributed by atoms with Crippen LogP contribution in [0.15, 0.2) is 0 Å². The third kappa shape index (κ3) is 1110. The molecule has 10 heteroatoms. The molecule has 0 unspecified atom stereocenters. The molecular weight excluding hydrogens is 219 g/mol. The molecule has 0 rings (SSSR count). The van der Waals surface area contributed by atoms with Gasteiger partial charge >= 0.3 is 26.8 Å². The van der Waals surface area contributed by atoms with Crippen LogP contribution in [0.3, 0.4) is 0 Å². The molecule has 0 heterocycles. The van der Waals surface area contributed by atoms with E-state index in [2.05, 4.69) is 0 Å². The van der Waals surface area contributed by atoms with Crippen molar-refractivity contribution in [3.05, 3.63) is 0 Å². The molecule has 0 spiro atoms. The van der Waals surface area contributed by atoms with Crippen molar-refractivity contribution in [1.29, 1.82) is 0 Å². The smallest absolute Gasteiger partial charge is 0.790 e.